The van der Waals surface area contributed by atoms with Crippen LogP contribution in [0.4, 0.5) is 0 Å². The lowest BCUT2D eigenvalue weighted by Crippen LogP contribution is -2.01. The average molecular weight is 278 g/mol. The zero-order chi connectivity index (χ0) is 15.0. The van der Waals surface area contributed by atoms with E-state index in [9.17, 15) is 9.90 Å². The Labute approximate surface area is 122 Å². The molecule has 1 aromatic heterocycles. The fourth-order valence-electron chi connectivity index (χ4n) is 2.67. The number of fused-ring (bicyclic) bond motifs is 1. The van der Waals surface area contributed by atoms with Gasteiger partial charge in [-0.05, 0) is 36.6 Å². The number of aromatic carboxylic acids is 1. The summed E-state index contributed by atoms with van der Waals surface area (Å²) in [6.07, 6.45) is 3.11. The van der Waals surface area contributed by atoms with Crippen molar-refractivity contribution in [2.24, 2.45) is 0 Å². The molecule has 3 rings (SSSR count). The molecule has 4 nitrogen and oxygen atoms in total. The van der Waals surface area contributed by atoms with Crippen LogP contribution < -0.4 is 0 Å². The van der Waals surface area contributed by atoms with Crippen molar-refractivity contribution in [2.75, 3.05) is 0 Å². The van der Waals surface area contributed by atoms with Crippen LogP contribution in [0.25, 0.3) is 22.2 Å². The van der Waals surface area contributed by atoms with Crippen molar-refractivity contribution < 1.29 is 9.90 Å². The maximum Gasteiger partial charge on any atom is 0.337 e. The van der Waals surface area contributed by atoms with E-state index in [0.717, 1.165) is 22.3 Å². The van der Waals surface area contributed by atoms with Crippen LogP contribution >= 0.6 is 0 Å². The van der Waals surface area contributed by atoms with Crippen molar-refractivity contribution in [1.29, 1.82) is 0 Å². The monoisotopic (exact) mass is 278 g/mol. The Balaban J connectivity index is 2.41. The molecule has 0 unspecified atom stereocenters. The molecule has 0 saturated heterocycles. The lowest BCUT2D eigenvalue weighted by atomic mass is 9.93. The molecule has 0 aliphatic carbocycles. The van der Waals surface area contributed by atoms with Crippen LogP contribution in [0.15, 0.2) is 42.7 Å². The van der Waals surface area contributed by atoms with E-state index in [1.54, 1.807) is 12.3 Å². The van der Waals surface area contributed by atoms with Gasteiger partial charge in [-0.2, -0.15) is 0 Å². The highest BCUT2D eigenvalue weighted by Gasteiger charge is 2.16. The van der Waals surface area contributed by atoms with Crippen LogP contribution in [0.3, 0.4) is 0 Å². The number of hydrogen-bond acceptors (Lipinski definition) is 3. The molecule has 1 N–H and O–H groups in total. The number of carbonyl (C=O) groups is 1. The third kappa shape index (κ3) is 2.14. The molecule has 0 saturated carbocycles. The van der Waals surface area contributed by atoms with Crippen molar-refractivity contribution in [2.45, 2.75) is 13.8 Å². The minimum absolute atomic E-state index is 0.174. The van der Waals surface area contributed by atoms with Crippen molar-refractivity contribution >= 4 is 17.0 Å². The molecule has 0 spiro atoms. The van der Waals surface area contributed by atoms with Crippen molar-refractivity contribution in [3.05, 3.63) is 59.4 Å². The van der Waals surface area contributed by atoms with Crippen LogP contribution in [0, 0.1) is 13.8 Å². The third-order valence-corrected chi connectivity index (χ3v) is 3.61. The number of aromatic nitrogens is 2. The van der Waals surface area contributed by atoms with Crippen LogP contribution in [0.5, 0.6) is 0 Å². The number of rotatable bonds is 2. The molecular weight excluding hydrogens is 264 g/mol. The summed E-state index contributed by atoms with van der Waals surface area (Å²) in [7, 11) is 0. The minimum Gasteiger partial charge on any atom is -0.478 e. The molecule has 0 atom stereocenters. The van der Waals surface area contributed by atoms with Gasteiger partial charge in [0.1, 0.15) is 5.52 Å². The van der Waals surface area contributed by atoms with E-state index in [1.165, 1.54) is 6.20 Å². The van der Waals surface area contributed by atoms with Gasteiger partial charge >= 0.3 is 5.97 Å². The highest BCUT2D eigenvalue weighted by atomic mass is 16.4. The molecule has 3 aromatic rings. The number of aryl methyl sites for hydroxylation is 2. The van der Waals surface area contributed by atoms with Crippen molar-refractivity contribution in [3.63, 3.8) is 0 Å². The van der Waals surface area contributed by atoms with E-state index in [4.69, 9.17) is 0 Å². The zero-order valence-corrected chi connectivity index (χ0v) is 11.8. The second-order valence-electron chi connectivity index (χ2n) is 4.99. The van der Waals surface area contributed by atoms with E-state index >= 15 is 0 Å². The maximum atomic E-state index is 11.3. The number of carboxylic acid groups (broad SMARTS) is 1. The van der Waals surface area contributed by atoms with Gasteiger partial charge in [-0.25, -0.2) is 4.79 Å². The summed E-state index contributed by atoms with van der Waals surface area (Å²) in [5.41, 5.74) is 5.47. The second kappa shape index (κ2) is 4.98. The summed E-state index contributed by atoms with van der Waals surface area (Å²) >= 11 is 0. The van der Waals surface area contributed by atoms with Gasteiger partial charge in [0, 0.05) is 18.0 Å². The van der Waals surface area contributed by atoms with Gasteiger partial charge in [-0.1, -0.05) is 24.3 Å². The lowest BCUT2D eigenvalue weighted by molar-refractivity contribution is 0.0699. The topological polar surface area (TPSA) is 63.1 Å². The number of hydrogen-bond donors (Lipinski definition) is 1. The van der Waals surface area contributed by atoms with Gasteiger partial charge < -0.3 is 5.11 Å². The summed E-state index contributed by atoms with van der Waals surface area (Å²) in [6, 6.07) is 9.50. The Morgan fingerprint density at radius 2 is 1.57 bits per heavy atom. The first-order valence-corrected chi connectivity index (χ1v) is 6.63. The standard InChI is InChI=1S/C17H14N2O2/c1-10-4-3-5-11(2)14(10)12-6-7-13(17(20)21)16-15(12)18-8-9-19-16/h3-9H,1-2H3,(H,20,21). The molecule has 0 fully saturated rings. The molecule has 21 heavy (non-hydrogen) atoms. The molecule has 4 heteroatoms. The van der Waals surface area contributed by atoms with Crippen LogP contribution in [0.1, 0.15) is 21.5 Å². The molecule has 0 aliphatic heterocycles. The van der Waals surface area contributed by atoms with Gasteiger partial charge in [0.05, 0.1) is 11.1 Å². The summed E-state index contributed by atoms with van der Waals surface area (Å²) in [4.78, 5) is 19.9. The zero-order valence-electron chi connectivity index (χ0n) is 11.8. The van der Waals surface area contributed by atoms with E-state index in [2.05, 4.69) is 9.97 Å². The Kier molecular flexibility index (Phi) is 3.14. The van der Waals surface area contributed by atoms with Gasteiger partial charge in [0.2, 0.25) is 0 Å². The normalized spacial score (nSPS) is 10.8. The van der Waals surface area contributed by atoms with Crippen LogP contribution in [-0.2, 0) is 0 Å². The summed E-state index contributed by atoms with van der Waals surface area (Å²) in [5, 5.41) is 9.29. The Morgan fingerprint density at radius 3 is 2.19 bits per heavy atom. The summed E-state index contributed by atoms with van der Waals surface area (Å²) in [6.45, 7) is 4.07. The Bertz CT molecular complexity index is 836. The molecule has 0 bridgehead atoms. The predicted molar refractivity (Wildman–Crippen MR) is 81.4 cm³/mol. The fraction of sp³-hybridized carbons (Fsp3) is 0.118. The molecule has 0 amide bonds. The molecule has 2 aromatic carbocycles. The fourth-order valence-corrected chi connectivity index (χ4v) is 2.67. The van der Waals surface area contributed by atoms with E-state index < -0.39 is 5.97 Å². The summed E-state index contributed by atoms with van der Waals surface area (Å²) in [5.74, 6) is -0.992. The highest BCUT2D eigenvalue weighted by Crippen LogP contribution is 2.32. The van der Waals surface area contributed by atoms with Crippen molar-refractivity contribution in [3.8, 4) is 11.1 Å². The third-order valence-electron chi connectivity index (χ3n) is 3.61. The molecule has 1 heterocycles. The Morgan fingerprint density at radius 1 is 0.952 bits per heavy atom. The number of carboxylic acids is 1. The quantitative estimate of drug-likeness (QED) is 0.777. The number of benzene rings is 2. The smallest absolute Gasteiger partial charge is 0.337 e. The first-order valence-electron chi connectivity index (χ1n) is 6.63. The first-order chi connectivity index (χ1) is 10.1. The first kappa shape index (κ1) is 13.2. The highest BCUT2D eigenvalue weighted by molar-refractivity contribution is 6.05. The van der Waals surface area contributed by atoms with Gasteiger partial charge in [0.25, 0.3) is 0 Å². The molecule has 0 aliphatic rings. The predicted octanol–water partition coefficient (Wildman–Crippen LogP) is 3.61. The van der Waals surface area contributed by atoms with Crippen molar-refractivity contribution in [1.82, 2.24) is 9.97 Å². The van der Waals surface area contributed by atoms with Crippen LogP contribution in [-0.4, -0.2) is 21.0 Å². The lowest BCUT2D eigenvalue weighted by Gasteiger charge is -2.12. The molecule has 104 valence electrons. The minimum atomic E-state index is -0.992. The second-order valence-corrected chi connectivity index (χ2v) is 4.99. The summed E-state index contributed by atoms with van der Waals surface area (Å²) < 4.78 is 0. The largest absolute Gasteiger partial charge is 0.478 e. The Hall–Kier alpha value is -2.75. The maximum absolute atomic E-state index is 11.3. The SMILES string of the molecule is Cc1cccc(C)c1-c1ccc(C(=O)O)c2nccnc12. The molecule has 0 radical (unpaired) electrons. The van der Waals surface area contributed by atoms with Crippen LogP contribution in [0.2, 0.25) is 0 Å². The van der Waals surface area contributed by atoms with Gasteiger partial charge in [-0.15, -0.1) is 0 Å². The van der Waals surface area contributed by atoms with Gasteiger partial charge in [0.15, 0.2) is 0 Å². The average Bonchev–Trinajstić information content (AvgIpc) is 2.46. The molecular formula is C17H14N2O2. The number of nitrogens with zero attached hydrogens (tertiary/aromatic N) is 2. The van der Waals surface area contributed by atoms with E-state index in [-0.39, 0.29) is 5.56 Å². The van der Waals surface area contributed by atoms with Gasteiger partial charge in [-0.3, -0.25) is 9.97 Å². The van der Waals surface area contributed by atoms with E-state index in [1.807, 2.05) is 38.1 Å². The van der Waals surface area contributed by atoms with E-state index in [0.29, 0.717) is 11.0 Å².